The van der Waals surface area contributed by atoms with Crippen molar-refractivity contribution in [3.8, 4) is 0 Å². The normalized spacial score (nSPS) is 15.0. The van der Waals surface area contributed by atoms with Crippen LogP contribution in [0, 0.1) is 41.4 Å². The highest BCUT2D eigenvalue weighted by Gasteiger charge is 2.39. The van der Waals surface area contributed by atoms with Gasteiger partial charge in [0.15, 0.2) is 11.9 Å². The number of carboxylic acids is 1. The Hall–Kier alpha value is -10.1. The van der Waals surface area contributed by atoms with Crippen LogP contribution in [-0.4, -0.2) is 247 Å². The summed E-state index contributed by atoms with van der Waals surface area (Å²) in [6.07, 6.45) is 0.985. The minimum Gasteiger partial charge on any atom is -0.480 e. The van der Waals surface area contributed by atoms with Crippen LogP contribution in [-0.2, 0) is 76.7 Å². The van der Waals surface area contributed by atoms with Gasteiger partial charge in [-0.3, -0.25) is 86.7 Å². The zero-order chi connectivity index (χ0) is 82.8. The average molecular weight is 1540 g/mol. The standard InChI is InChI=1S/C67H122N22O19/c1-15-36(12)52(63(106)82-41(24-32(4)5)58(101)83-42(30-90)56(99)76-27-46(94)79-39(20-18-22-73-66(69)70)55(98)78-29-48(96)97)89-65(108)53(37(13)16-2)87-57(100)40(21-19-23-74-67(71)72)80-47(95)28-77-60(103)49(33(6)7)85-64(107)54(38(14)17-3)88-62(105)51(35(10)11)86-61(104)50(34(8)9)84-59(102)43(31-91)81-45(93)26-75-44(92)25-68/h32-43,49-54,90-91H,15-31,68H2,1-14H3,(H,75,92)(H,76,99)(H,77,103)(H,78,98)(H,79,94)(H,80,95)(H,81,93)(H,82,106)(H,83,101)(H,84,102)(H,85,107)(H,86,104)(H,87,100)(H,88,105)(H,89,108)(H,96,97)(H4,69,70,73)(H4,71,72,74)/t36-,37-,38-,39-,40-,41-,42-,43-,49-,50-,51-,52-,53-,54-/m0/s1. The van der Waals surface area contributed by atoms with Gasteiger partial charge < -0.3 is 124 Å². The van der Waals surface area contributed by atoms with Gasteiger partial charge in [-0.1, -0.05) is 116 Å². The van der Waals surface area contributed by atoms with Crippen LogP contribution in [0.15, 0.2) is 9.98 Å². The number of amides is 15. The average Bonchev–Trinajstić information content (AvgIpc) is 0.845. The molecule has 614 valence electrons. The molecule has 108 heavy (non-hydrogen) atoms. The zero-order valence-corrected chi connectivity index (χ0v) is 64.6. The molecule has 0 heterocycles. The van der Waals surface area contributed by atoms with Crippen LogP contribution in [0.1, 0.15) is 148 Å². The van der Waals surface area contributed by atoms with Crippen molar-refractivity contribution < 1.29 is 92.0 Å². The second kappa shape index (κ2) is 51.3. The Kier molecular flexibility index (Phi) is 46.5. The fraction of sp³-hybridized carbons (Fsp3) is 0.731. The van der Waals surface area contributed by atoms with E-state index in [9.17, 15) is 86.9 Å². The molecule has 0 saturated carbocycles. The third-order valence-corrected chi connectivity index (χ3v) is 17.2. The number of aliphatic carboxylic acids is 1. The lowest BCUT2D eigenvalue weighted by Crippen LogP contribution is -2.62. The van der Waals surface area contributed by atoms with Crippen molar-refractivity contribution in [2.75, 3.05) is 59.0 Å². The molecule has 0 aliphatic heterocycles. The maximum atomic E-state index is 14.5. The number of rotatable bonds is 52. The molecule has 0 aliphatic rings. The molecule has 0 aromatic carbocycles. The maximum Gasteiger partial charge on any atom is 0.322 e. The summed E-state index contributed by atoms with van der Waals surface area (Å²) in [5.41, 5.74) is 27.0. The Labute approximate surface area is 630 Å². The van der Waals surface area contributed by atoms with Crippen molar-refractivity contribution in [1.82, 2.24) is 79.8 Å². The number of hydrogen-bond acceptors (Lipinski definition) is 21. The third kappa shape index (κ3) is 37.5. The molecule has 0 bridgehead atoms. The highest BCUT2D eigenvalue weighted by molar-refractivity contribution is 6.00. The van der Waals surface area contributed by atoms with E-state index in [2.05, 4.69) is 89.7 Å². The van der Waals surface area contributed by atoms with Gasteiger partial charge in [-0.25, -0.2) is 0 Å². The highest BCUT2D eigenvalue weighted by atomic mass is 16.4. The largest absolute Gasteiger partial charge is 0.480 e. The zero-order valence-electron chi connectivity index (χ0n) is 64.6. The van der Waals surface area contributed by atoms with Crippen LogP contribution >= 0.6 is 0 Å². The number of carboxylic acid groups (broad SMARTS) is 1. The number of carbonyl (C=O) groups is 16. The maximum absolute atomic E-state index is 14.5. The molecule has 41 heteroatoms. The molecule has 28 N–H and O–H groups in total. The van der Waals surface area contributed by atoms with E-state index in [1.165, 1.54) is 0 Å². The van der Waals surface area contributed by atoms with E-state index in [0.29, 0.717) is 19.3 Å². The molecular weight excluding hydrogens is 1420 g/mol. The van der Waals surface area contributed by atoms with E-state index < -0.39 is 242 Å². The Morgan fingerprint density at radius 3 is 0.991 bits per heavy atom. The summed E-state index contributed by atoms with van der Waals surface area (Å²) < 4.78 is 0. The predicted octanol–water partition coefficient (Wildman–Crippen LogP) is -7.93. The van der Waals surface area contributed by atoms with E-state index >= 15 is 0 Å². The summed E-state index contributed by atoms with van der Waals surface area (Å²) >= 11 is 0. The van der Waals surface area contributed by atoms with Crippen LogP contribution in [0.4, 0.5) is 0 Å². The van der Waals surface area contributed by atoms with Gasteiger partial charge in [-0.05, 0) is 73.5 Å². The van der Waals surface area contributed by atoms with Gasteiger partial charge in [0.2, 0.25) is 88.6 Å². The van der Waals surface area contributed by atoms with Crippen LogP contribution in [0.3, 0.4) is 0 Å². The first kappa shape index (κ1) is 97.9. The number of carbonyl (C=O) groups excluding carboxylic acids is 15. The SMILES string of the molecule is CC[C@H](C)[C@H](NC(=O)[C@H](CCCN=C(N)N)NC(=O)CNC(=O)[C@@H](NC(=O)[C@@H](NC(=O)[C@@H](NC(=O)[C@@H](NC(=O)[C@H](CO)NC(=O)CNC(=O)CN)C(C)C)C(C)C)[C@@H](C)CC)C(C)C)C(=O)N[C@H](C(=O)N[C@@H](CC(C)C)C(=O)N[C@@H](CO)C(=O)NCC(=O)N[C@@H](CCCN=C(N)N)C(=O)NCC(=O)O)[C@@H](C)CC. The van der Waals surface area contributed by atoms with Crippen molar-refractivity contribution in [3.05, 3.63) is 0 Å². The molecule has 14 atom stereocenters. The van der Waals surface area contributed by atoms with Gasteiger partial charge in [-0.15, -0.1) is 0 Å². The Bertz CT molecular complexity index is 3070. The molecule has 0 aromatic rings. The summed E-state index contributed by atoms with van der Waals surface area (Å²) in [6.45, 7) is 18.2. The molecular formula is C67H122N22O19. The van der Waals surface area contributed by atoms with Gasteiger partial charge in [0.25, 0.3) is 0 Å². The molecule has 0 aromatic heterocycles. The summed E-state index contributed by atoms with van der Waals surface area (Å²) in [5.74, 6) is -18.8. The topological polar surface area (TPSA) is 669 Å². The number of hydrogen-bond donors (Lipinski definition) is 23. The summed E-state index contributed by atoms with van der Waals surface area (Å²) in [4.78, 5) is 222. The first-order valence-corrected chi connectivity index (χ1v) is 36.2. The smallest absolute Gasteiger partial charge is 0.322 e. The fourth-order valence-electron chi connectivity index (χ4n) is 10.2. The van der Waals surface area contributed by atoms with Crippen molar-refractivity contribution in [2.45, 2.75) is 215 Å². The van der Waals surface area contributed by atoms with Crippen molar-refractivity contribution >= 4 is 106 Å². The first-order valence-electron chi connectivity index (χ1n) is 36.2. The quantitative estimate of drug-likeness (QED) is 0.0153. The first-order chi connectivity index (χ1) is 50.5. The number of aliphatic hydroxyl groups excluding tert-OH is 2. The number of nitrogens with one attached hydrogen (secondary N) is 15. The Morgan fingerprint density at radius 2 is 0.620 bits per heavy atom. The molecule has 0 aliphatic carbocycles. The van der Waals surface area contributed by atoms with Crippen LogP contribution in [0.25, 0.3) is 0 Å². The van der Waals surface area contributed by atoms with E-state index in [1.54, 1.807) is 96.9 Å². The van der Waals surface area contributed by atoms with Gasteiger partial charge in [0.05, 0.1) is 39.4 Å². The highest BCUT2D eigenvalue weighted by Crippen LogP contribution is 2.17. The second-order valence-corrected chi connectivity index (χ2v) is 27.7. The monoisotopic (exact) mass is 1540 g/mol. The van der Waals surface area contributed by atoms with Crippen molar-refractivity contribution in [1.29, 1.82) is 0 Å². The molecule has 0 rings (SSSR count). The number of nitrogens with zero attached hydrogens (tertiary/aromatic N) is 2. The molecule has 0 unspecified atom stereocenters. The minimum absolute atomic E-state index is 0.00767. The van der Waals surface area contributed by atoms with Gasteiger partial charge in [0.1, 0.15) is 73.0 Å². The second-order valence-electron chi connectivity index (χ2n) is 27.7. The van der Waals surface area contributed by atoms with Crippen molar-refractivity contribution in [3.63, 3.8) is 0 Å². The lowest BCUT2D eigenvalue weighted by atomic mass is 9.94. The van der Waals surface area contributed by atoms with E-state index in [0.717, 1.165) is 0 Å². The van der Waals surface area contributed by atoms with Gasteiger partial charge >= 0.3 is 5.97 Å². The number of aliphatic imine (C=N–C) groups is 2. The summed E-state index contributed by atoms with van der Waals surface area (Å²) in [6, 6.07) is -15.3. The third-order valence-electron chi connectivity index (χ3n) is 17.2. The van der Waals surface area contributed by atoms with Crippen LogP contribution in [0.2, 0.25) is 0 Å². The summed E-state index contributed by atoms with van der Waals surface area (Å²) in [7, 11) is 0. The van der Waals surface area contributed by atoms with Crippen LogP contribution < -0.4 is 108 Å². The molecule has 0 saturated heterocycles. The van der Waals surface area contributed by atoms with E-state index in [-0.39, 0.29) is 63.0 Å². The molecule has 15 amide bonds. The molecule has 41 nitrogen and oxygen atoms in total. The number of aliphatic hydroxyl groups is 2. The van der Waals surface area contributed by atoms with Gasteiger partial charge in [-0.2, -0.15) is 0 Å². The predicted molar refractivity (Wildman–Crippen MR) is 396 cm³/mol. The van der Waals surface area contributed by atoms with Crippen molar-refractivity contribution in [2.24, 2.45) is 80.1 Å². The minimum atomic E-state index is -1.69. The van der Waals surface area contributed by atoms with Gasteiger partial charge in [0, 0.05) is 13.1 Å². The Morgan fingerprint density at radius 1 is 0.333 bits per heavy atom. The molecule has 0 spiro atoms. The van der Waals surface area contributed by atoms with Crippen LogP contribution in [0.5, 0.6) is 0 Å². The lowest BCUT2D eigenvalue weighted by molar-refractivity contribution is -0.138. The lowest BCUT2D eigenvalue weighted by Gasteiger charge is -2.31. The Balaban J connectivity index is 6.65. The fourth-order valence-corrected chi connectivity index (χ4v) is 10.2. The molecule has 0 radical (unpaired) electrons. The summed E-state index contributed by atoms with van der Waals surface area (Å²) in [5, 5.41) is 66.4. The number of guanidine groups is 2. The van der Waals surface area contributed by atoms with E-state index in [4.69, 9.17) is 33.8 Å². The van der Waals surface area contributed by atoms with E-state index in [1.807, 2.05) is 0 Å². The molecule has 0 fully saturated rings. The number of nitrogens with two attached hydrogens (primary N) is 5.